The van der Waals surface area contributed by atoms with Gasteiger partial charge in [0.2, 0.25) is 0 Å². The molecule has 0 atom stereocenters. The maximum absolute atomic E-state index is 16.7. The van der Waals surface area contributed by atoms with Crippen molar-refractivity contribution in [2.24, 2.45) is 0 Å². The van der Waals surface area contributed by atoms with E-state index in [9.17, 15) is 28.8 Å². The van der Waals surface area contributed by atoms with Crippen molar-refractivity contribution < 1.29 is 75.3 Å². The summed E-state index contributed by atoms with van der Waals surface area (Å²) >= 11 is 0. The summed E-state index contributed by atoms with van der Waals surface area (Å²) in [6, 6.07) is 9.84. The molecule has 0 N–H and O–H groups in total. The number of benzene rings is 3. The standard InChI is InChI=1S/C57H69O16P/c1-31(2)43-22-19-40(25-65-52(58)34(7)8)46(28-68-55(61)37(13)14)49(43)71-74(64,72-50-44(32(3)4)23-20-41(26-66-53(59)35(9)10)47(50)29-69-56(62)38(15)16)73-51-45(33(5)6)24-21-42(27-67-54(60)36(11)12)48(51)30-70-57(63)39(17)18/h19-24,31-33H,7,9,11,13,15,17,25-30H2,1-6,8,10,12,14,16,18H3. The van der Waals surface area contributed by atoms with Crippen molar-refractivity contribution in [1.82, 2.24) is 0 Å². The first-order valence-electron chi connectivity index (χ1n) is 23.6. The fourth-order valence-electron chi connectivity index (χ4n) is 6.60. The third-order valence-electron chi connectivity index (χ3n) is 10.8. The minimum absolute atomic E-state index is 0.0601. The zero-order valence-corrected chi connectivity index (χ0v) is 45.6. The maximum Gasteiger partial charge on any atom is 0.647 e. The van der Waals surface area contributed by atoms with Crippen molar-refractivity contribution in [2.45, 2.75) is 140 Å². The van der Waals surface area contributed by atoms with Gasteiger partial charge in [0, 0.05) is 50.1 Å². The lowest BCUT2D eigenvalue weighted by Crippen LogP contribution is -2.18. The molecular formula is C57H69O16P. The lowest BCUT2D eigenvalue weighted by molar-refractivity contribution is -0.141. The Morgan fingerprint density at radius 1 is 0.365 bits per heavy atom. The molecule has 3 aromatic carbocycles. The molecule has 0 aromatic heterocycles. The van der Waals surface area contributed by atoms with Crippen LogP contribution in [0.1, 0.15) is 151 Å². The average molecular weight is 1040 g/mol. The highest BCUT2D eigenvalue weighted by Gasteiger charge is 2.41. The molecule has 0 saturated carbocycles. The van der Waals surface area contributed by atoms with Crippen LogP contribution < -0.4 is 13.6 Å². The second-order valence-corrected chi connectivity index (χ2v) is 20.1. The van der Waals surface area contributed by atoms with E-state index in [1.54, 1.807) is 36.4 Å². The van der Waals surface area contributed by atoms with Crippen LogP contribution in [0, 0.1) is 0 Å². The van der Waals surface area contributed by atoms with Gasteiger partial charge in [-0.05, 0) is 92.7 Å². The molecule has 0 spiro atoms. The minimum Gasteiger partial charge on any atom is -0.457 e. The van der Waals surface area contributed by atoms with E-state index in [1.165, 1.54) is 41.5 Å². The molecule has 0 aliphatic heterocycles. The van der Waals surface area contributed by atoms with Gasteiger partial charge in [0.05, 0.1) is 0 Å². The van der Waals surface area contributed by atoms with Crippen LogP contribution in [-0.2, 0) is 101 Å². The Hall–Kier alpha value is -7.45. The number of phosphoric ester groups is 1. The number of hydrogen-bond acceptors (Lipinski definition) is 16. The second kappa shape index (κ2) is 27.0. The molecule has 398 valence electrons. The predicted octanol–water partition coefficient (Wildman–Crippen LogP) is 12.4. The molecule has 0 aliphatic rings. The predicted molar refractivity (Wildman–Crippen MR) is 279 cm³/mol. The number of phosphoric acid groups is 1. The van der Waals surface area contributed by atoms with Crippen molar-refractivity contribution in [1.29, 1.82) is 0 Å². The molecule has 0 aliphatic carbocycles. The highest BCUT2D eigenvalue weighted by atomic mass is 31.2. The van der Waals surface area contributed by atoms with E-state index in [4.69, 9.17) is 42.0 Å². The van der Waals surface area contributed by atoms with Crippen molar-refractivity contribution in [3.8, 4) is 17.2 Å². The zero-order valence-electron chi connectivity index (χ0n) is 44.7. The second-order valence-electron chi connectivity index (χ2n) is 18.7. The normalized spacial score (nSPS) is 11.0. The first-order valence-corrected chi connectivity index (χ1v) is 25.0. The van der Waals surface area contributed by atoms with Gasteiger partial charge in [-0.15, -0.1) is 0 Å². The summed E-state index contributed by atoms with van der Waals surface area (Å²) in [6.45, 7) is 39.0. The highest BCUT2D eigenvalue weighted by molar-refractivity contribution is 7.49. The molecule has 0 unspecified atom stereocenters. The molecule has 0 amide bonds. The van der Waals surface area contributed by atoms with Crippen LogP contribution in [0.3, 0.4) is 0 Å². The number of rotatable bonds is 27. The van der Waals surface area contributed by atoms with Gasteiger partial charge in [-0.1, -0.05) is 117 Å². The Bertz CT molecular complexity index is 2510. The van der Waals surface area contributed by atoms with E-state index in [0.29, 0.717) is 16.7 Å². The summed E-state index contributed by atoms with van der Waals surface area (Å²) in [6.07, 6.45) is 0. The van der Waals surface area contributed by atoms with Gasteiger partial charge in [-0.3, -0.25) is 0 Å². The summed E-state index contributed by atoms with van der Waals surface area (Å²) in [7, 11) is -5.43. The lowest BCUT2D eigenvalue weighted by Gasteiger charge is -2.29. The molecule has 3 rings (SSSR count). The molecule has 3 aromatic rings. The Morgan fingerprint density at radius 3 is 0.730 bits per heavy atom. The van der Waals surface area contributed by atoms with Crippen LogP contribution in [0.15, 0.2) is 109 Å². The van der Waals surface area contributed by atoms with Crippen LogP contribution in [0.2, 0.25) is 0 Å². The fraction of sp³-hybridized carbons (Fsp3) is 0.368. The largest absolute Gasteiger partial charge is 0.647 e. The van der Waals surface area contributed by atoms with Gasteiger partial charge >= 0.3 is 43.6 Å². The van der Waals surface area contributed by atoms with Gasteiger partial charge in [-0.2, -0.15) is 4.57 Å². The summed E-state index contributed by atoms with van der Waals surface area (Å²) in [5, 5.41) is 0. The van der Waals surface area contributed by atoms with E-state index in [-0.39, 0.29) is 84.1 Å². The van der Waals surface area contributed by atoms with Crippen LogP contribution in [0.5, 0.6) is 17.2 Å². The number of hydrogen-bond donors (Lipinski definition) is 0. The number of ether oxygens (including phenoxy) is 6. The molecule has 0 bridgehead atoms. The minimum atomic E-state index is -5.43. The van der Waals surface area contributed by atoms with Crippen molar-refractivity contribution in [3.63, 3.8) is 0 Å². The van der Waals surface area contributed by atoms with E-state index in [1.807, 2.05) is 41.5 Å². The van der Waals surface area contributed by atoms with Gasteiger partial charge in [0.1, 0.15) is 56.9 Å². The van der Waals surface area contributed by atoms with Gasteiger partial charge in [0.15, 0.2) is 0 Å². The van der Waals surface area contributed by atoms with Crippen LogP contribution >= 0.6 is 7.82 Å². The first-order chi connectivity index (χ1) is 34.5. The Labute approximate surface area is 434 Å². The van der Waals surface area contributed by atoms with Gasteiger partial charge in [-0.25, -0.2) is 28.8 Å². The van der Waals surface area contributed by atoms with Crippen LogP contribution in [0.25, 0.3) is 0 Å². The van der Waals surface area contributed by atoms with Gasteiger partial charge < -0.3 is 42.0 Å². The Balaban J connectivity index is 2.68. The summed E-state index contributed by atoms with van der Waals surface area (Å²) in [4.78, 5) is 77.6. The average Bonchev–Trinajstić information content (AvgIpc) is 3.31. The molecule has 74 heavy (non-hydrogen) atoms. The third-order valence-corrected chi connectivity index (χ3v) is 12.1. The summed E-state index contributed by atoms with van der Waals surface area (Å²) < 4.78 is 70.9. The molecule has 0 heterocycles. The Morgan fingerprint density at radius 2 is 0.554 bits per heavy atom. The Kier molecular flexibility index (Phi) is 22.2. The molecule has 0 radical (unpaired) electrons. The van der Waals surface area contributed by atoms with E-state index in [0.717, 1.165) is 0 Å². The van der Waals surface area contributed by atoms with E-state index in [2.05, 4.69) is 39.5 Å². The van der Waals surface area contributed by atoms with Crippen LogP contribution in [0.4, 0.5) is 0 Å². The molecule has 16 nitrogen and oxygen atoms in total. The smallest absolute Gasteiger partial charge is 0.457 e. The molecular weight excluding hydrogens is 972 g/mol. The zero-order chi connectivity index (χ0) is 55.9. The summed E-state index contributed by atoms with van der Waals surface area (Å²) in [5.74, 6) is -6.27. The molecule has 17 heteroatoms. The van der Waals surface area contributed by atoms with Crippen molar-refractivity contribution in [3.05, 3.63) is 159 Å². The van der Waals surface area contributed by atoms with Crippen molar-refractivity contribution in [2.75, 3.05) is 0 Å². The molecule has 0 saturated heterocycles. The summed E-state index contributed by atoms with van der Waals surface area (Å²) in [5.41, 5.74) is 2.73. The van der Waals surface area contributed by atoms with E-state index < -0.39 is 101 Å². The highest BCUT2D eigenvalue weighted by Crippen LogP contribution is 2.56. The first kappa shape index (κ1) is 60.9. The van der Waals surface area contributed by atoms with Crippen molar-refractivity contribution >= 4 is 43.6 Å². The lowest BCUT2D eigenvalue weighted by atomic mass is 9.96. The van der Waals surface area contributed by atoms with Gasteiger partial charge in [0.25, 0.3) is 0 Å². The SMILES string of the molecule is C=C(C)C(=O)OCc1ccc(C(C)C)c(OP(=O)(Oc2c(C(C)C)ccc(COC(=O)C(=C)C)c2COC(=O)C(=C)C)Oc2c(C(C)C)ccc(COC(=O)C(=C)C)c2COC(=O)C(=C)C)c1COC(=O)C(=C)C. The number of carbonyl (C=O) groups excluding carboxylic acids is 6. The topological polar surface area (TPSA) is 203 Å². The number of esters is 6. The quantitative estimate of drug-likeness (QED) is 0.0301. The third kappa shape index (κ3) is 16.8. The number of carbonyl (C=O) groups is 6. The fourth-order valence-corrected chi connectivity index (χ4v) is 8.03. The van der Waals surface area contributed by atoms with Crippen LogP contribution in [-0.4, -0.2) is 35.8 Å². The molecule has 0 fully saturated rings. The maximum atomic E-state index is 16.7. The monoisotopic (exact) mass is 1040 g/mol. The van der Waals surface area contributed by atoms with E-state index >= 15 is 4.57 Å².